The number of carboxylic acids is 1. The summed E-state index contributed by atoms with van der Waals surface area (Å²) in [7, 11) is 0. The molecule has 0 bridgehead atoms. The molecule has 0 saturated carbocycles. The van der Waals surface area contributed by atoms with E-state index in [1.165, 1.54) is 0 Å². The first-order chi connectivity index (χ1) is 8.56. The third-order valence-electron chi connectivity index (χ3n) is 2.39. The zero-order valence-corrected chi connectivity index (χ0v) is 10.9. The largest absolute Gasteiger partial charge is 0.476 e. The molecule has 2 N–H and O–H groups in total. The van der Waals surface area contributed by atoms with Crippen molar-refractivity contribution < 1.29 is 14.3 Å². The van der Waals surface area contributed by atoms with Gasteiger partial charge in [0.05, 0.1) is 17.9 Å². The molecule has 0 aliphatic heterocycles. The van der Waals surface area contributed by atoms with E-state index in [2.05, 4.69) is 15.3 Å². The van der Waals surface area contributed by atoms with Gasteiger partial charge in [-0.1, -0.05) is 0 Å². The van der Waals surface area contributed by atoms with Crippen LogP contribution in [0.2, 0.25) is 0 Å². The van der Waals surface area contributed by atoms with Gasteiger partial charge in [0, 0.05) is 11.9 Å². The number of aryl methyl sites for hydroxylation is 2. The van der Waals surface area contributed by atoms with Crippen molar-refractivity contribution in [3.8, 4) is 0 Å². The van der Waals surface area contributed by atoms with E-state index in [0.29, 0.717) is 24.7 Å². The van der Waals surface area contributed by atoms with Gasteiger partial charge < -0.3 is 14.8 Å². The summed E-state index contributed by atoms with van der Waals surface area (Å²) in [6, 6.07) is 0. The van der Waals surface area contributed by atoms with E-state index in [-0.39, 0.29) is 5.01 Å². The number of carboxylic acid groups (broad SMARTS) is 1. The Morgan fingerprint density at radius 1 is 1.44 bits per heavy atom. The molecule has 0 saturated heterocycles. The molecule has 2 aromatic rings. The van der Waals surface area contributed by atoms with Crippen LogP contribution in [0.25, 0.3) is 0 Å². The minimum atomic E-state index is -0.995. The standard InChI is InChI=1S/C11H13N3O3S/c1-6-7(2)17-9(13-6)4-12-3-8-5-18-10(14-8)11(15)16/h5,12H,3-4H2,1-2H3,(H,15,16). The van der Waals surface area contributed by atoms with Gasteiger partial charge in [0.15, 0.2) is 0 Å². The van der Waals surface area contributed by atoms with Crippen molar-refractivity contribution in [3.05, 3.63) is 33.4 Å². The Morgan fingerprint density at radius 3 is 2.78 bits per heavy atom. The Kier molecular flexibility index (Phi) is 3.73. The topological polar surface area (TPSA) is 88.2 Å². The molecular weight excluding hydrogens is 254 g/mol. The summed E-state index contributed by atoms with van der Waals surface area (Å²) in [6.45, 7) is 4.74. The lowest BCUT2D eigenvalue weighted by atomic mass is 10.4. The van der Waals surface area contributed by atoms with Gasteiger partial charge in [-0.05, 0) is 13.8 Å². The molecule has 2 aromatic heterocycles. The van der Waals surface area contributed by atoms with Crippen LogP contribution < -0.4 is 5.32 Å². The Morgan fingerprint density at radius 2 is 2.22 bits per heavy atom. The van der Waals surface area contributed by atoms with Gasteiger partial charge in [0.25, 0.3) is 0 Å². The molecule has 6 nitrogen and oxygen atoms in total. The Bertz CT molecular complexity index is 542. The number of aromatic carboxylic acids is 1. The van der Waals surface area contributed by atoms with Gasteiger partial charge in [0.1, 0.15) is 5.76 Å². The molecule has 18 heavy (non-hydrogen) atoms. The van der Waals surface area contributed by atoms with Gasteiger partial charge in [0.2, 0.25) is 10.9 Å². The van der Waals surface area contributed by atoms with Crippen molar-refractivity contribution in [2.24, 2.45) is 0 Å². The molecule has 0 fully saturated rings. The normalized spacial score (nSPS) is 10.8. The summed E-state index contributed by atoms with van der Waals surface area (Å²) in [5.41, 5.74) is 1.59. The minimum absolute atomic E-state index is 0.106. The molecule has 96 valence electrons. The van der Waals surface area contributed by atoms with Crippen LogP contribution in [0, 0.1) is 13.8 Å². The van der Waals surface area contributed by atoms with Gasteiger partial charge in [-0.25, -0.2) is 14.8 Å². The van der Waals surface area contributed by atoms with Crippen molar-refractivity contribution >= 4 is 17.3 Å². The van der Waals surface area contributed by atoms with E-state index in [1.54, 1.807) is 5.38 Å². The van der Waals surface area contributed by atoms with Crippen molar-refractivity contribution in [3.63, 3.8) is 0 Å². The monoisotopic (exact) mass is 267 g/mol. The summed E-state index contributed by atoms with van der Waals surface area (Å²) in [5.74, 6) is 0.442. The van der Waals surface area contributed by atoms with E-state index in [9.17, 15) is 4.79 Å². The predicted octanol–water partition coefficient (Wildman–Crippen LogP) is 1.74. The van der Waals surface area contributed by atoms with Crippen molar-refractivity contribution in [2.75, 3.05) is 0 Å². The third kappa shape index (κ3) is 2.93. The van der Waals surface area contributed by atoms with Crippen LogP contribution in [0.5, 0.6) is 0 Å². The second kappa shape index (κ2) is 5.28. The number of nitrogens with one attached hydrogen (secondary N) is 1. The van der Waals surface area contributed by atoms with Crippen LogP contribution in [-0.4, -0.2) is 21.0 Å². The maximum atomic E-state index is 10.7. The Hall–Kier alpha value is -1.73. The van der Waals surface area contributed by atoms with Crippen molar-refractivity contribution in [2.45, 2.75) is 26.9 Å². The van der Waals surface area contributed by atoms with E-state index >= 15 is 0 Å². The number of hydrogen-bond acceptors (Lipinski definition) is 6. The zero-order valence-electron chi connectivity index (χ0n) is 10.1. The van der Waals surface area contributed by atoms with Gasteiger partial charge >= 0.3 is 5.97 Å². The number of nitrogens with zero attached hydrogens (tertiary/aromatic N) is 2. The number of hydrogen-bond donors (Lipinski definition) is 2. The smallest absolute Gasteiger partial charge is 0.365 e. The maximum Gasteiger partial charge on any atom is 0.365 e. The first-order valence-corrected chi connectivity index (χ1v) is 6.25. The second-order valence-corrected chi connectivity index (χ2v) is 4.66. The molecule has 0 amide bonds. The SMILES string of the molecule is Cc1nc(CNCc2csc(C(=O)O)n2)oc1C. The highest BCUT2D eigenvalue weighted by Crippen LogP contribution is 2.10. The van der Waals surface area contributed by atoms with Crippen LogP contribution >= 0.6 is 11.3 Å². The van der Waals surface area contributed by atoms with Crippen LogP contribution in [0.15, 0.2) is 9.80 Å². The fourth-order valence-corrected chi connectivity index (χ4v) is 2.05. The fraction of sp³-hybridized carbons (Fsp3) is 0.364. The highest BCUT2D eigenvalue weighted by molar-refractivity contribution is 7.11. The van der Waals surface area contributed by atoms with E-state index in [4.69, 9.17) is 9.52 Å². The van der Waals surface area contributed by atoms with Gasteiger partial charge in [-0.15, -0.1) is 11.3 Å². The highest BCUT2D eigenvalue weighted by atomic mass is 32.1. The molecule has 7 heteroatoms. The number of aromatic nitrogens is 2. The van der Waals surface area contributed by atoms with Crippen LogP contribution in [0.4, 0.5) is 0 Å². The van der Waals surface area contributed by atoms with E-state index in [0.717, 1.165) is 22.8 Å². The number of oxazole rings is 1. The molecule has 0 aliphatic rings. The summed E-state index contributed by atoms with van der Waals surface area (Å²) >= 11 is 1.12. The molecule has 0 unspecified atom stereocenters. The maximum absolute atomic E-state index is 10.7. The highest BCUT2D eigenvalue weighted by Gasteiger charge is 2.09. The number of rotatable bonds is 5. The molecular formula is C11H13N3O3S. The van der Waals surface area contributed by atoms with Crippen molar-refractivity contribution in [1.29, 1.82) is 0 Å². The number of thiazole rings is 1. The first kappa shape index (κ1) is 12.7. The lowest BCUT2D eigenvalue weighted by Gasteiger charge is -1.98. The molecule has 2 rings (SSSR count). The third-order valence-corrected chi connectivity index (χ3v) is 3.27. The van der Waals surface area contributed by atoms with Crippen LogP contribution in [-0.2, 0) is 13.1 Å². The summed E-state index contributed by atoms with van der Waals surface area (Å²) in [4.78, 5) is 18.9. The van der Waals surface area contributed by atoms with Gasteiger partial charge in [-0.3, -0.25) is 0 Å². The quantitative estimate of drug-likeness (QED) is 0.857. The van der Waals surface area contributed by atoms with Crippen LogP contribution in [0.3, 0.4) is 0 Å². The van der Waals surface area contributed by atoms with E-state index < -0.39 is 5.97 Å². The summed E-state index contributed by atoms with van der Waals surface area (Å²) in [5, 5.41) is 13.7. The average Bonchev–Trinajstić information content (AvgIpc) is 2.88. The first-order valence-electron chi connectivity index (χ1n) is 5.37. The van der Waals surface area contributed by atoms with Gasteiger partial charge in [-0.2, -0.15) is 0 Å². The zero-order chi connectivity index (χ0) is 13.1. The number of carbonyl (C=O) groups is 1. The summed E-state index contributed by atoms with van der Waals surface area (Å²) in [6.07, 6.45) is 0. The molecule has 0 spiro atoms. The van der Waals surface area contributed by atoms with E-state index in [1.807, 2.05) is 13.8 Å². The second-order valence-electron chi connectivity index (χ2n) is 3.80. The molecule has 0 atom stereocenters. The average molecular weight is 267 g/mol. The minimum Gasteiger partial charge on any atom is -0.476 e. The lowest BCUT2D eigenvalue weighted by Crippen LogP contribution is -2.13. The summed E-state index contributed by atoms with van der Waals surface area (Å²) < 4.78 is 5.41. The predicted molar refractivity (Wildman–Crippen MR) is 65.6 cm³/mol. The molecule has 2 heterocycles. The van der Waals surface area contributed by atoms with Crippen molar-refractivity contribution in [1.82, 2.24) is 15.3 Å². The Labute approximate surface area is 108 Å². The molecule has 0 aromatic carbocycles. The molecule has 0 aliphatic carbocycles. The Balaban J connectivity index is 1.86. The molecule has 0 radical (unpaired) electrons. The fourth-order valence-electron chi connectivity index (χ4n) is 1.40. The lowest BCUT2D eigenvalue weighted by molar-refractivity contribution is 0.0696. The van der Waals surface area contributed by atoms with Crippen LogP contribution in [0.1, 0.15) is 32.8 Å².